The first-order valence-corrected chi connectivity index (χ1v) is 4.50. The first-order chi connectivity index (χ1) is 6.27. The Morgan fingerprint density at radius 1 is 1.46 bits per heavy atom. The summed E-state index contributed by atoms with van der Waals surface area (Å²) in [4.78, 5) is 0. The largest absolute Gasteiger partial charge is 0.193 e. The normalized spacial score (nSPS) is 11.0. The third-order valence-corrected chi connectivity index (χ3v) is 2.16. The van der Waals surface area contributed by atoms with Gasteiger partial charge in [-0.05, 0) is 17.5 Å². The van der Waals surface area contributed by atoms with Crippen molar-refractivity contribution in [3.8, 4) is 6.07 Å². The number of nitriles is 1. The Hall–Kier alpha value is -1.26. The molecule has 0 aliphatic carbocycles. The fourth-order valence-corrected chi connectivity index (χ4v) is 1.21. The molecule has 0 saturated heterocycles. The third-order valence-electron chi connectivity index (χ3n) is 1.83. The highest BCUT2D eigenvalue weighted by atomic mass is 35.5. The molecule has 1 aromatic carbocycles. The molecule has 2 heteroatoms. The van der Waals surface area contributed by atoms with Crippen molar-refractivity contribution < 1.29 is 0 Å². The van der Waals surface area contributed by atoms with Crippen LogP contribution in [0.3, 0.4) is 0 Å². The second-order valence-electron chi connectivity index (χ2n) is 2.67. The lowest BCUT2D eigenvalue weighted by atomic mass is 10.1. The Morgan fingerprint density at radius 2 is 2.08 bits per heavy atom. The lowest BCUT2D eigenvalue weighted by Gasteiger charge is -1.99. The molecule has 0 aliphatic heterocycles. The van der Waals surface area contributed by atoms with E-state index in [-0.39, 0.29) is 0 Å². The van der Waals surface area contributed by atoms with Crippen LogP contribution in [0.4, 0.5) is 0 Å². The number of aryl methyl sites for hydroxylation is 1. The molecule has 0 unspecified atom stereocenters. The van der Waals surface area contributed by atoms with E-state index in [9.17, 15) is 0 Å². The highest BCUT2D eigenvalue weighted by Gasteiger charge is 1.96. The molecule has 1 rings (SSSR count). The number of benzene rings is 1. The van der Waals surface area contributed by atoms with Gasteiger partial charge in [-0.3, -0.25) is 0 Å². The maximum absolute atomic E-state index is 8.39. The topological polar surface area (TPSA) is 23.8 Å². The van der Waals surface area contributed by atoms with Gasteiger partial charge < -0.3 is 0 Å². The fraction of sp³-hybridized carbons (Fsp3) is 0.182. The predicted octanol–water partition coefficient (Wildman–Crippen LogP) is 3.35. The summed E-state index contributed by atoms with van der Waals surface area (Å²) in [6.45, 7) is 2.10. The van der Waals surface area contributed by atoms with Crippen LogP contribution in [0.5, 0.6) is 0 Å². The van der Waals surface area contributed by atoms with E-state index in [2.05, 4.69) is 6.92 Å². The molecule has 0 radical (unpaired) electrons. The quantitative estimate of drug-likeness (QED) is 0.658. The molecule has 0 saturated carbocycles. The Morgan fingerprint density at radius 3 is 2.54 bits per heavy atom. The fourth-order valence-electron chi connectivity index (χ4n) is 1.04. The van der Waals surface area contributed by atoms with Crippen LogP contribution in [0.1, 0.15) is 18.1 Å². The molecule has 0 spiro atoms. The summed E-state index contributed by atoms with van der Waals surface area (Å²) in [5.41, 5.74) is 2.16. The maximum atomic E-state index is 8.39. The van der Waals surface area contributed by atoms with Gasteiger partial charge in [-0.1, -0.05) is 42.8 Å². The first-order valence-electron chi connectivity index (χ1n) is 4.12. The van der Waals surface area contributed by atoms with E-state index in [1.54, 1.807) is 0 Å². The standard InChI is InChI=1S/C11H10ClN/c1-2-9-3-5-10(6-4-9)11(12)7-8-13/h3-7H,2H2,1H3/b11-7-. The van der Waals surface area contributed by atoms with Crippen molar-refractivity contribution in [1.29, 1.82) is 5.26 Å². The smallest absolute Gasteiger partial charge is 0.0927 e. The second-order valence-corrected chi connectivity index (χ2v) is 3.08. The van der Waals surface area contributed by atoms with Crippen LogP contribution in [0, 0.1) is 11.3 Å². The van der Waals surface area contributed by atoms with Gasteiger partial charge in [-0.15, -0.1) is 0 Å². The van der Waals surface area contributed by atoms with Crippen LogP contribution in [0.2, 0.25) is 0 Å². The number of rotatable bonds is 2. The molecule has 66 valence electrons. The molecule has 1 nitrogen and oxygen atoms in total. The van der Waals surface area contributed by atoms with Crippen molar-refractivity contribution in [2.24, 2.45) is 0 Å². The molecule has 0 amide bonds. The number of halogens is 1. The molecular weight excluding hydrogens is 182 g/mol. The number of nitrogens with zero attached hydrogens (tertiary/aromatic N) is 1. The summed E-state index contributed by atoms with van der Waals surface area (Å²) in [6, 6.07) is 9.79. The lowest BCUT2D eigenvalue weighted by Crippen LogP contribution is -1.81. The van der Waals surface area contributed by atoms with Gasteiger partial charge >= 0.3 is 0 Å². The van der Waals surface area contributed by atoms with E-state index in [0.29, 0.717) is 5.03 Å². The maximum Gasteiger partial charge on any atom is 0.0927 e. The first kappa shape index (κ1) is 9.83. The Balaban J connectivity index is 2.94. The van der Waals surface area contributed by atoms with E-state index >= 15 is 0 Å². The van der Waals surface area contributed by atoms with Crippen LogP contribution < -0.4 is 0 Å². The molecular formula is C11H10ClN. The minimum absolute atomic E-state index is 0.491. The van der Waals surface area contributed by atoms with Gasteiger partial charge in [-0.25, -0.2) is 0 Å². The molecule has 0 aliphatic rings. The Labute approximate surface area is 83.3 Å². The molecule has 0 atom stereocenters. The minimum Gasteiger partial charge on any atom is -0.193 e. The van der Waals surface area contributed by atoms with Gasteiger partial charge in [0.25, 0.3) is 0 Å². The Bertz CT molecular complexity index is 343. The van der Waals surface area contributed by atoms with Crippen LogP contribution in [0.25, 0.3) is 5.03 Å². The van der Waals surface area contributed by atoms with Crippen molar-refractivity contribution in [2.75, 3.05) is 0 Å². The highest BCUT2D eigenvalue weighted by Crippen LogP contribution is 2.18. The monoisotopic (exact) mass is 191 g/mol. The average Bonchev–Trinajstić information content (AvgIpc) is 2.18. The summed E-state index contributed by atoms with van der Waals surface area (Å²) in [5, 5.41) is 8.88. The molecule has 0 aromatic heterocycles. The van der Waals surface area contributed by atoms with Crippen LogP contribution in [-0.4, -0.2) is 0 Å². The predicted molar refractivity (Wildman–Crippen MR) is 55.3 cm³/mol. The van der Waals surface area contributed by atoms with Gasteiger partial charge in [0.2, 0.25) is 0 Å². The van der Waals surface area contributed by atoms with Crippen LogP contribution in [0.15, 0.2) is 30.3 Å². The van der Waals surface area contributed by atoms with Crippen molar-refractivity contribution in [1.82, 2.24) is 0 Å². The summed E-state index contributed by atoms with van der Waals surface area (Å²) in [7, 11) is 0. The van der Waals surface area contributed by atoms with Gasteiger partial charge in [0.15, 0.2) is 0 Å². The summed E-state index contributed by atoms with van der Waals surface area (Å²) in [6.07, 6.45) is 2.35. The zero-order chi connectivity index (χ0) is 9.68. The molecule has 0 heterocycles. The molecule has 1 aromatic rings. The Kier molecular flexibility index (Phi) is 3.54. The third kappa shape index (κ3) is 2.61. The van der Waals surface area contributed by atoms with Crippen LogP contribution in [-0.2, 0) is 6.42 Å². The molecule has 13 heavy (non-hydrogen) atoms. The van der Waals surface area contributed by atoms with Gasteiger partial charge in [0.05, 0.1) is 11.1 Å². The van der Waals surface area contributed by atoms with E-state index in [1.165, 1.54) is 11.6 Å². The van der Waals surface area contributed by atoms with E-state index in [4.69, 9.17) is 16.9 Å². The average molecular weight is 192 g/mol. The van der Waals surface area contributed by atoms with Gasteiger partial charge in [-0.2, -0.15) is 5.26 Å². The summed E-state index contributed by atoms with van der Waals surface area (Å²) < 4.78 is 0. The van der Waals surface area contributed by atoms with Crippen molar-refractivity contribution in [3.05, 3.63) is 41.5 Å². The summed E-state index contributed by atoms with van der Waals surface area (Å²) in [5.74, 6) is 0. The molecule has 0 fully saturated rings. The van der Waals surface area contributed by atoms with Gasteiger partial charge in [0, 0.05) is 6.08 Å². The van der Waals surface area contributed by atoms with Crippen molar-refractivity contribution >= 4 is 16.6 Å². The van der Waals surface area contributed by atoms with Gasteiger partial charge in [0.1, 0.15) is 0 Å². The molecule has 0 N–H and O–H groups in total. The second kappa shape index (κ2) is 4.69. The number of hydrogen-bond donors (Lipinski definition) is 0. The van der Waals surface area contributed by atoms with E-state index in [0.717, 1.165) is 12.0 Å². The number of hydrogen-bond acceptors (Lipinski definition) is 1. The molecule has 0 bridgehead atoms. The lowest BCUT2D eigenvalue weighted by molar-refractivity contribution is 1.14. The van der Waals surface area contributed by atoms with Crippen molar-refractivity contribution in [3.63, 3.8) is 0 Å². The van der Waals surface area contributed by atoms with Crippen molar-refractivity contribution in [2.45, 2.75) is 13.3 Å². The highest BCUT2D eigenvalue weighted by molar-refractivity contribution is 6.48. The minimum atomic E-state index is 0.491. The van der Waals surface area contributed by atoms with Crippen LogP contribution >= 0.6 is 11.6 Å². The zero-order valence-electron chi connectivity index (χ0n) is 7.42. The van der Waals surface area contributed by atoms with E-state index < -0.39 is 0 Å². The number of allylic oxidation sites excluding steroid dienone is 1. The summed E-state index contributed by atoms with van der Waals surface area (Å²) >= 11 is 5.84. The SMILES string of the molecule is CCc1ccc(/C(Cl)=C/C#N)cc1. The zero-order valence-corrected chi connectivity index (χ0v) is 8.17. The van der Waals surface area contributed by atoms with E-state index in [1.807, 2.05) is 30.3 Å².